The Bertz CT molecular complexity index is 1690. The fraction of sp³-hybridized carbons (Fsp3) is 0.0667. The molecule has 2 N–H and O–H groups in total. The molecule has 1 aliphatic heterocycles. The zero-order valence-electron chi connectivity index (χ0n) is 21.6. The van der Waals surface area contributed by atoms with E-state index >= 15 is 0 Å². The predicted molar refractivity (Wildman–Crippen MR) is 157 cm³/mol. The quantitative estimate of drug-likeness (QED) is 0.245. The minimum Gasteiger partial charge on any atom is -0.497 e. The fourth-order valence-corrected chi connectivity index (χ4v) is 5.99. The lowest BCUT2D eigenvalue weighted by atomic mass is 10.2. The third kappa shape index (κ3) is 5.73. The number of ether oxygens (including phenoxy) is 1. The van der Waals surface area contributed by atoms with E-state index in [1.165, 1.54) is 12.1 Å². The highest BCUT2D eigenvalue weighted by atomic mass is 32.2. The second-order valence-corrected chi connectivity index (χ2v) is 11.7. The van der Waals surface area contributed by atoms with E-state index in [2.05, 4.69) is 10.0 Å². The first kappa shape index (κ1) is 27.0. The van der Waals surface area contributed by atoms with Crippen molar-refractivity contribution in [2.24, 2.45) is 0 Å². The molecule has 2 amide bonds. The highest BCUT2D eigenvalue weighted by molar-refractivity contribution is 8.04. The van der Waals surface area contributed by atoms with E-state index in [0.29, 0.717) is 27.7 Å². The molecule has 4 aromatic carbocycles. The third-order valence-corrected chi connectivity index (χ3v) is 8.56. The maximum atomic E-state index is 13.6. The van der Waals surface area contributed by atoms with E-state index in [1.807, 2.05) is 31.2 Å². The first-order valence-electron chi connectivity index (χ1n) is 12.2. The smallest absolute Gasteiger partial charge is 0.283 e. The number of sulfonamides is 1. The summed E-state index contributed by atoms with van der Waals surface area (Å²) < 4.78 is 33.1. The molecule has 0 bridgehead atoms. The topological polar surface area (TPSA) is 105 Å². The number of rotatable bonds is 9. The largest absolute Gasteiger partial charge is 0.497 e. The standard InChI is InChI=1S/C30H25N3O5S2/c1-20-8-10-21(11-9-20)31-27-28(30(35)33(29(27)34)23-14-16-24(38-2)17-15-23)39-25-18-12-22(13-19-25)32-40(36,37)26-6-4-3-5-7-26/h3-19,31-32H,1-2H3. The number of methoxy groups -OCH3 is 1. The van der Waals surface area contributed by atoms with Crippen LogP contribution in [0.25, 0.3) is 0 Å². The van der Waals surface area contributed by atoms with Gasteiger partial charge in [-0.05, 0) is 79.7 Å². The summed E-state index contributed by atoms with van der Waals surface area (Å²) in [5.74, 6) is -0.347. The average molecular weight is 572 g/mol. The number of aryl methyl sites for hydroxylation is 1. The summed E-state index contributed by atoms with van der Waals surface area (Å²) in [4.78, 5) is 29.3. The van der Waals surface area contributed by atoms with Crippen molar-refractivity contribution < 1.29 is 22.7 Å². The summed E-state index contributed by atoms with van der Waals surface area (Å²) >= 11 is 1.13. The molecule has 0 fully saturated rings. The van der Waals surface area contributed by atoms with Gasteiger partial charge in [0.15, 0.2) is 0 Å². The lowest BCUT2D eigenvalue weighted by Crippen LogP contribution is -2.32. The van der Waals surface area contributed by atoms with E-state index in [-0.39, 0.29) is 15.5 Å². The van der Waals surface area contributed by atoms with E-state index in [4.69, 9.17) is 4.74 Å². The molecule has 0 saturated carbocycles. The minimum absolute atomic E-state index is 0.152. The number of hydrogen-bond donors (Lipinski definition) is 2. The van der Waals surface area contributed by atoms with Gasteiger partial charge < -0.3 is 10.1 Å². The fourth-order valence-electron chi connectivity index (χ4n) is 3.98. The van der Waals surface area contributed by atoms with E-state index in [0.717, 1.165) is 22.2 Å². The molecule has 0 atom stereocenters. The first-order chi connectivity index (χ1) is 19.2. The summed E-state index contributed by atoms with van der Waals surface area (Å²) in [7, 11) is -2.20. The number of carbonyl (C=O) groups is 2. The Kier molecular flexibility index (Phi) is 7.63. The van der Waals surface area contributed by atoms with E-state index < -0.39 is 21.8 Å². The molecule has 0 saturated heterocycles. The van der Waals surface area contributed by atoms with Crippen LogP contribution in [0.3, 0.4) is 0 Å². The van der Waals surface area contributed by atoms with Crippen LogP contribution >= 0.6 is 11.8 Å². The highest BCUT2D eigenvalue weighted by Gasteiger charge is 2.40. The Morgan fingerprint density at radius 1 is 0.750 bits per heavy atom. The van der Waals surface area contributed by atoms with Crippen LogP contribution in [0.1, 0.15) is 5.56 Å². The molecule has 0 radical (unpaired) electrons. The number of benzene rings is 4. The van der Waals surface area contributed by atoms with Gasteiger partial charge >= 0.3 is 0 Å². The number of hydrogen-bond acceptors (Lipinski definition) is 7. The van der Waals surface area contributed by atoms with Crippen molar-refractivity contribution in [1.82, 2.24) is 0 Å². The SMILES string of the molecule is COc1ccc(N2C(=O)C(Nc3ccc(C)cc3)=C(Sc3ccc(NS(=O)(=O)c4ccccc4)cc3)C2=O)cc1. The third-order valence-electron chi connectivity index (χ3n) is 6.07. The maximum Gasteiger partial charge on any atom is 0.283 e. The van der Waals surface area contributed by atoms with Gasteiger partial charge in [-0.2, -0.15) is 0 Å². The van der Waals surface area contributed by atoms with Gasteiger partial charge in [0.25, 0.3) is 21.8 Å². The van der Waals surface area contributed by atoms with Crippen LogP contribution in [0.5, 0.6) is 5.75 Å². The van der Waals surface area contributed by atoms with Crippen LogP contribution in [-0.4, -0.2) is 27.3 Å². The number of thioether (sulfide) groups is 1. The maximum absolute atomic E-state index is 13.6. The molecular weight excluding hydrogens is 546 g/mol. The van der Waals surface area contributed by atoms with E-state index in [9.17, 15) is 18.0 Å². The molecule has 202 valence electrons. The van der Waals surface area contributed by atoms with Crippen LogP contribution in [0.4, 0.5) is 17.1 Å². The Morgan fingerprint density at radius 3 is 2.00 bits per heavy atom. The molecule has 8 nitrogen and oxygen atoms in total. The Morgan fingerprint density at radius 2 is 1.38 bits per heavy atom. The van der Waals surface area contributed by atoms with E-state index in [1.54, 1.807) is 73.8 Å². The zero-order chi connectivity index (χ0) is 28.3. The monoisotopic (exact) mass is 571 g/mol. The Hall–Kier alpha value is -4.54. The molecule has 10 heteroatoms. The summed E-state index contributed by atoms with van der Waals surface area (Å²) in [5, 5.41) is 3.13. The molecule has 0 unspecified atom stereocenters. The number of nitrogens with zero attached hydrogens (tertiary/aromatic N) is 1. The normalized spacial score (nSPS) is 13.5. The Balaban J connectivity index is 1.42. The summed E-state index contributed by atoms with van der Waals surface area (Å²) in [6.07, 6.45) is 0. The summed E-state index contributed by atoms with van der Waals surface area (Å²) in [6.45, 7) is 1.96. The number of imide groups is 1. The van der Waals surface area contributed by atoms with Gasteiger partial charge in [-0.3, -0.25) is 14.3 Å². The van der Waals surface area contributed by atoms with Crippen molar-refractivity contribution in [2.45, 2.75) is 16.7 Å². The van der Waals surface area contributed by atoms with Crippen molar-refractivity contribution in [3.8, 4) is 5.75 Å². The van der Waals surface area contributed by atoms with Gasteiger partial charge in [-0.1, -0.05) is 47.7 Å². The molecule has 1 aliphatic rings. The van der Waals surface area contributed by atoms with Crippen molar-refractivity contribution in [2.75, 3.05) is 22.0 Å². The highest BCUT2D eigenvalue weighted by Crippen LogP contribution is 2.38. The zero-order valence-corrected chi connectivity index (χ0v) is 23.3. The second-order valence-electron chi connectivity index (χ2n) is 8.88. The number of amides is 2. The Labute approximate surface area is 236 Å². The first-order valence-corrected chi connectivity index (χ1v) is 14.5. The van der Waals surface area contributed by atoms with Crippen LogP contribution < -0.4 is 19.7 Å². The molecular formula is C30H25N3O5S2. The van der Waals surface area contributed by atoms with Gasteiger partial charge in [0.2, 0.25) is 0 Å². The number of nitrogens with one attached hydrogen (secondary N) is 2. The molecule has 0 aliphatic carbocycles. The molecule has 1 heterocycles. The van der Waals surface area contributed by atoms with Gasteiger partial charge in [0.1, 0.15) is 16.4 Å². The molecule has 40 heavy (non-hydrogen) atoms. The van der Waals surface area contributed by atoms with Gasteiger partial charge in [-0.25, -0.2) is 13.3 Å². The lowest BCUT2D eigenvalue weighted by Gasteiger charge is -2.15. The molecule has 0 aromatic heterocycles. The number of anilines is 3. The van der Waals surface area contributed by atoms with Crippen molar-refractivity contribution in [3.63, 3.8) is 0 Å². The van der Waals surface area contributed by atoms with Crippen LogP contribution in [0.15, 0.2) is 124 Å². The number of carbonyl (C=O) groups excluding carboxylic acids is 2. The van der Waals surface area contributed by atoms with Crippen molar-refractivity contribution in [3.05, 3.63) is 119 Å². The van der Waals surface area contributed by atoms with Gasteiger partial charge in [0.05, 0.1) is 17.7 Å². The van der Waals surface area contributed by atoms with Crippen LogP contribution in [0.2, 0.25) is 0 Å². The second kappa shape index (κ2) is 11.3. The average Bonchev–Trinajstić information content (AvgIpc) is 3.19. The van der Waals surface area contributed by atoms with Crippen molar-refractivity contribution in [1.29, 1.82) is 0 Å². The lowest BCUT2D eigenvalue weighted by molar-refractivity contribution is -0.120. The van der Waals surface area contributed by atoms with Crippen LogP contribution in [-0.2, 0) is 19.6 Å². The molecule has 5 rings (SSSR count). The van der Waals surface area contributed by atoms with Gasteiger partial charge in [0, 0.05) is 16.3 Å². The van der Waals surface area contributed by atoms with Gasteiger partial charge in [-0.15, -0.1) is 0 Å². The summed E-state index contributed by atoms with van der Waals surface area (Å²) in [6, 6.07) is 28.8. The minimum atomic E-state index is -3.74. The predicted octanol–water partition coefficient (Wildman–Crippen LogP) is 5.79. The molecule has 4 aromatic rings. The van der Waals surface area contributed by atoms with Crippen molar-refractivity contribution >= 4 is 50.7 Å². The van der Waals surface area contributed by atoms with Crippen LogP contribution in [0, 0.1) is 6.92 Å². The molecule has 0 spiro atoms. The summed E-state index contributed by atoms with van der Waals surface area (Å²) in [5.41, 5.74) is 2.67.